The average Bonchev–Trinajstić information content (AvgIpc) is 1.88. The molecule has 1 atom stereocenters. The van der Waals surface area contributed by atoms with Crippen molar-refractivity contribution in [2.45, 2.75) is 32.9 Å². The van der Waals surface area contributed by atoms with Gasteiger partial charge in [-0.1, -0.05) is 0 Å². The molecule has 0 N–H and O–H groups in total. The summed E-state index contributed by atoms with van der Waals surface area (Å²) < 4.78 is 5.42. The van der Waals surface area contributed by atoms with E-state index in [4.69, 9.17) is 4.74 Å². The van der Waals surface area contributed by atoms with Gasteiger partial charge >= 0.3 is 0 Å². The summed E-state index contributed by atoms with van der Waals surface area (Å²) in [5.74, 6) is 0. The summed E-state index contributed by atoms with van der Waals surface area (Å²) in [6.45, 7) is 9.70. The van der Waals surface area contributed by atoms with Gasteiger partial charge in [-0.3, -0.25) is 4.90 Å². The topological polar surface area (TPSA) is 12.5 Å². The molecule has 2 nitrogen and oxygen atoms in total. The Morgan fingerprint density at radius 1 is 1.50 bits per heavy atom. The molecule has 1 saturated heterocycles. The SMILES string of the molecule is CC(C)N1CCO[C@@H](C)C1. The molecule has 2 heteroatoms. The van der Waals surface area contributed by atoms with Crippen molar-refractivity contribution < 1.29 is 4.74 Å². The number of morpholine rings is 1. The molecule has 0 radical (unpaired) electrons. The Bertz CT molecular complexity index is 103. The van der Waals surface area contributed by atoms with Gasteiger partial charge < -0.3 is 4.74 Å². The van der Waals surface area contributed by atoms with Crippen LogP contribution in [0, 0.1) is 0 Å². The van der Waals surface area contributed by atoms with Crippen LogP contribution in [-0.4, -0.2) is 36.7 Å². The predicted molar refractivity (Wildman–Crippen MR) is 42.1 cm³/mol. The Morgan fingerprint density at radius 3 is 2.60 bits per heavy atom. The molecular weight excluding hydrogens is 126 g/mol. The van der Waals surface area contributed by atoms with Crippen molar-refractivity contribution >= 4 is 0 Å². The standard InChI is InChI=1S/C8H17NO/c1-7(2)9-4-5-10-8(3)6-9/h7-8H,4-6H2,1-3H3/t8-/m0/s1. The third-order valence-corrected chi connectivity index (χ3v) is 2.00. The van der Waals surface area contributed by atoms with Crippen LogP contribution in [0.2, 0.25) is 0 Å². The first kappa shape index (κ1) is 8.02. The second kappa shape index (κ2) is 3.35. The van der Waals surface area contributed by atoms with Crippen LogP contribution in [0.5, 0.6) is 0 Å². The summed E-state index contributed by atoms with van der Waals surface area (Å²) in [6, 6.07) is 0.673. The molecule has 1 rings (SSSR count). The number of hydrogen-bond acceptors (Lipinski definition) is 2. The first-order valence-electron chi connectivity index (χ1n) is 4.06. The maximum atomic E-state index is 5.42. The molecule has 60 valence electrons. The third-order valence-electron chi connectivity index (χ3n) is 2.00. The minimum absolute atomic E-state index is 0.427. The van der Waals surface area contributed by atoms with E-state index in [9.17, 15) is 0 Å². The molecule has 0 aliphatic carbocycles. The predicted octanol–water partition coefficient (Wildman–Crippen LogP) is 1.12. The minimum Gasteiger partial charge on any atom is -0.376 e. The number of ether oxygens (including phenoxy) is 1. The van der Waals surface area contributed by atoms with Gasteiger partial charge in [0.25, 0.3) is 0 Å². The fourth-order valence-electron chi connectivity index (χ4n) is 1.31. The number of nitrogens with zero attached hydrogens (tertiary/aromatic N) is 1. The molecule has 10 heavy (non-hydrogen) atoms. The molecule has 0 spiro atoms. The highest BCUT2D eigenvalue weighted by Gasteiger charge is 2.17. The number of rotatable bonds is 1. The smallest absolute Gasteiger partial charge is 0.0674 e. The summed E-state index contributed by atoms with van der Waals surface area (Å²) in [5, 5.41) is 0. The number of hydrogen-bond donors (Lipinski definition) is 0. The van der Waals surface area contributed by atoms with Crippen molar-refractivity contribution in [2.75, 3.05) is 19.7 Å². The van der Waals surface area contributed by atoms with Crippen molar-refractivity contribution in [1.29, 1.82) is 0 Å². The molecule has 0 aromatic carbocycles. The van der Waals surface area contributed by atoms with E-state index in [2.05, 4.69) is 25.7 Å². The van der Waals surface area contributed by atoms with E-state index in [-0.39, 0.29) is 0 Å². The lowest BCUT2D eigenvalue weighted by molar-refractivity contribution is -0.0288. The van der Waals surface area contributed by atoms with Crippen LogP contribution in [0.4, 0.5) is 0 Å². The molecule has 1 aliphatic rings. The lowest BCUT2D eigenvalue weighted by Crippen LogP contribution is -2.44. The van der Waals surface area contributed by atoms with Gasteiger partial charge in [0.1, 0.15) is 0 Å². The van der Waals surface area contributed by atoms with E-state index in [1.54, 1.807) is 0 Å². The summed E-state index contributed by atoms with van der Waals surface area (Å²) in [5.41, 5.74) is 0. The maximum absolute atomic E-state index is 5.42. The van der Waals surface area contributed by atoms with Crippen molar-refractivity contribution in [3.05, 3.63) is 0 Å². The molecule has 0 saturated carbocycles. The zero-order valence-electron chi connectivity index (χ0n) is 7.13. The Labute approximate surface area is 63.2 Å². The fourth-order valence-corrected chi connectivity index (χ4v) is 1.31. The highest BCUT2D eigenvalue weighted by molar-refractivity contribution is 4.70. The first-order chi connectivity index (χ1) is 4.70. The van der Waals surface area contributed by atoms with E-state index in [0.29, 0.717) is 12.1 Å². The molecule has 0 amide bonds. The van der Waals surface area contributed by atoms with Gasteiger partial charge in [-0.15, -0.1) is 0 Å². The van der Waals surface area contributed by atoms with E-state index in [1.807, 2.05) is 0 Å². The molecule has 1 fully saturated rings. The van der Waals surface area contributed by atoms with Gasteiger partial charge in [-0.05, 0) is 20.8 Å². The Kier molecular flexibility index (Phi) is 2.69. The van der Waals surface area contributed by atoms with Crippen LogP contribution >= 0.6 is 0 Å². The first-order valence-corrected chi connectivity index (χ1v) is 4.06. The monoisotopic (exact) mass is 143 g/mol. The highest BCUT2D eigenvalue weighted by atomic mass is 16.5. The molecule has 0 aromatic rings. The summed E-state index contributed by atoms with van der Waals surface area (Å²) >= 11 is 0. The molecule has 1 aliphatic heterocycles. The average molecular weight is 143 g/mol. The molecule has 1 heterocycles. The van der Waals surface area contributed by atoms with Gasteiger partial charge in [0.2, 0.25) is 0 Å². The van der Waals surface area contributed by atoms with Gasteiger partial charge in [0.15, 0.2) is 0 Å². The van der Waals surface area contributed by atoms with E-state index in [1.165, 1.54) is 0 Å². The van der Waals surface area contributed by atoms with E-state index >= 15 is 0 Å². The minimum atomic E-state index is 0.427. The maximum Gasteiger partial charge on any atom is 0.0674 e. The molecular formula is C8H17NO. The molecule has 0 bridgehead atoms. The normalized spacial score (nSPS) is 29.4. The van der Waals surface area contributed by atoms with Crippen LogP contribution in [0.3, 0.4) is 0 Å². The highest BCUT2D eigenvalue weighted by Crippen LogP contribution is 2.07. The van der Waals surface area contributed by atoms with Crippen molar-refractivity contribution in [2.24, 2.45) is 0 Å². The van der Waals surface area contributed by atoms with Crippen LogP contribution < -0.4 is 0 Å². The Hall–Kier alpha value is -0.0800. The zero-order chi connectivity index (χ0) is 7.56. The second-order valence-electron chi connectivity index (χ2n) is 3.27. The summed E-state index contributed by atoms with van der Waals surface area (Å²) in [6.07, 6.45) is 0.427. The van der Waals surface area contributed by atoms with Crippen LogP contribution in [0.1, 0.15) is 20.8 Å². The van der Waals surface area contributed by atoms with Crippen LogP contribution in [-0.2, 0) is 4.74 Å². The fraction of sp³-hybridized carbons (Fsp3) is 1.00. The van der Waals surface area contributed by atoms with E-state index < -0.39 is 0 Å². The zero-order valence-corrected chi connectivity index (χ0v) is 7.13. The molecule has 0 unspecified atom stereocenters. The summed E-state index contributed by atoms with van der Waals surface area (Å²) in [7, 11) is 0. The van der Waals surface area contributed by atoms with Crippen LogP contribution in [0.25, 0.3) is 0 Å². The quantitative estimate of drug-likeness (QED) is 0.545. The van der Waals surface area contributed by atoms with Gasteiger partial charge in [-0.2, -0.15) is 0 Å². The molecule has 0 aromatic heterocycles. The van der Waals surface area contributed by atoms with Gasteiger partial charge in [0.05, 0.1) is 12.7 Å². The van der Waals surface area contributed by atoms with E-state index in [0.717, 1.165) is 19.7 Å². The summed E-state index contributed by atoms with van der Waals surface area (Å²) in [4.78, 5) is 2.45. The lowest BCUT2D eigenvalue weighted by atomic mass is 10.2. The lowest BCUT2D eigenvalue weighted by Gasteiger charge is -2.33. The van der Waals surface area contributed by atoms with Gasteiger partial charge in [-0.25, -0.2) is 0 Å². The second-order valence-corrected chi connectivity index (χ2v) is 3.27. The third kappa shape index (κ3) is 1.96. The largest absolute Gasteiger partial charge is 0.376 e. The Balaban J connectivity index is 2.32. The van der Waals surface area contributed by atoms with Gasteiger partial charge in [0, 0.05) is 19.1 Å². The Morgan fingerprint density at radius 2 is 2.20 bits per heavy atom. The van der Waals surface area contributed by atoms with Crippen molar-refractivity contribution in [3.8, 4) is 0 Å². The van der Waals surface area contributed by atoms with Crippen molar-refractivity contribution in [3.63, 3.8) is 0 Å². The van der Waals surface area contributed by atoms with Crippen molar-refractivity contribution in [1.82, 2.24) is 4.90 Å². The van der Waals surface area contributed by atoms with Crippen LogP contribution in [0.15, 0.2) is 0 Å².